The van der Waals surface area contributed by atoms with E-state index in [2.05, 4.69) is 25.2 Å². The lowest BCUT2D eigenvalue weighted by atomic mass is 9.78. The van der Waals surface area contributed by atoms with Crippen molar-refractivity contribution < 1.29 is 9.53 Å². The molecule has 1 aromatic carbocycles. The number of para-hydroxylation sites is 1. The Hall–Kier alpha value is -1.55. The fourth-order valence-electron chi connectivity index (χ4n) is 3.92. The maximum atomic E-state index is 12.5. The van der Waals surface area contributed by atoms with Gasteiger partial charge < -0.3 is 15.0 Å². The van der Waals surface area contributed by atoms with Crippen molar-refractivity contribution in [3.05, 3.63) is 29.8 Å². The lowest BCUT2D eigenvalue weighted by Gasteiger charge is -2.38. The highest BCUT2D eigenvalue weighted by Crippen LogP contribution is 2.37. The minimum Gasteiger partial charge on any atom is -0.483 e. The van der Waals surface area contributed by atoms with E-state index >= 15 is 0 Å². The van der Waals surface area contributed by atoms with Crippen LogP contribution in [0.3, 0.4) is 0 Å². The third-order valence-electron chi connectivity index (χ3n) is 5.92. The average Bonchev–Trinajstić information content (AvgIpc) is 3.08. The van der Waals surface area contributed by atoms with Gasteiger partial charge in [-0.15, -0.1) is 0 Å². The number of likely N-dealkylation sites (tertiary alicyclic amines) is 1. The van der Waals surface area contributed by atoms with E-state index in [-0.39, 0.29) is 12.5 Å². The van der Waals surface area contributed by atoms with Crippen LogP contribution in [0, 0.1) is 5.41 Å². The van der Waals surface area contributed by atoms with E-state index in [9.17, 15) is 4.79 Å². The van der Waals surface area contributed by atoms with Gasteiger partial charge in [-0.2, -0.15) is 0 Å². The van der Waals surface area contributed by atoms with Gasteiger partial charge in [0, 0.05) is 19.6 Å². The molecule has 1 unspecified atom stereocenters. The first kappa shape index (κ1) is 17.3. The lowest BCUT2D eigenvalue weighted by Crippen LogP contribution is -2.45. The normalized spacial score (nSPS) is 21.0. The summed E-state index contributed by atoms with van der Waals surface area (Å²) in [6.07, 6.45) is 4.56. The summed E-state index contributed by atoms with van der Waals surface area (Å²) in [5, 5.41) is 3.47. The standard InChI is InChI=1S/C20H30N2O2/c1-3-16(2)17-6-4-5-7-18(17)24-14-19(23)22-12-9-20(10-13-22)8-11-21-15-20/h4-7,16,21H,3,8-15H2,1-2H3. The molecule has 2 fully saturated rings. The number of hydrogen-bond acceptors (Lipinski definition) is 3. The molecule has 2 saturated heterocycles. The summed E-state index contributed by atoms with van der Waals surface area (Å²) in [7, 11) is 0. The molecule has 1 atom stereocenters. The lowest BCUT2D eigenvalue weighted by molar-refractivity contribution is -0.135. The van der Waals surface area contributed by atoms with Crippen molar-refractivity contribution in [1.82, 2.24) is 10.2 Å². The highest BCUT2D eigenvalue weighted by molar-refractivity contribution is 5.78. The van der Waals surface area contributed by atoms with Crippen LogP contribution in [0.2, 0.25) is 0 Å². The number of hydrogen-bond donors (Lipinski definition) is 1. The molecule has 0 aliphatic carbocycles. The monoisotopic (exact) mass is 330 g/mol. The maximum Gasteiger partial charge on any atom is 0.260 e. The van der Waals surface area contributed by atoms with Gasteiger partial charge >= 0.3 is 0 Å². The number of rotatable bonds is 5. The Bertz CT molecular complexity index is 557. The molecule has 2 aliphatic rings. The minimum absolute atomic E-state index is 0.120. The van der Waals surface area contributed by atoms with Crippen molar-refractivity contribution in [2.45, 2.75) is 45.4 Å². The SMILES string of the molecule is CCC(C)c1ccccc1OCC(=O)N1CCC2(CCNC2)CC1. The summed E-state index contributed by atoms with van der Waals surface area (Å²) < 4.78 is 5.89. The molecule has 2 aliphatic heterocycles. The molecule has 1 aromatic rings. The van der Waals surface area contributed by atoms with E-state index in [0.717, 1.165) is 51.2 Å². The second-order valence-electron chi connectivity index (χ2n) is 7.44. The zero-order valence-electron chi connectivity index (χ0n) is 15.0. The number of amides is 1. The van der Waals surface area contributed by atoms with Crippen LogP contribution < -0.4 is 10.1 Å². The first-order chi connectivity index (χ1) is 11.6. The Morgan fingerprint density at radius 2 is 2.04 bits per heavy atom. The summed E-state index contributed by atoms with van der Waals surface area (Å²) in [5.41, 5.74) is 1.64. The first-order valence-electron chi connectivity index (χ1n) is 9.34. The summed E-state index contributed by atoms with van der Waals surface area (Å²) >= 11 is 0. The summed E-state index contributed by atoms with van der Waals surface area (Å²) in [6, 6.07) is 8.09. The molecule has 4 heteroatoms. The zero-order valence-corrected chi connectivity index (χ0v) is 15.0. The predicted molar refractivity (Wildman–Crippen MR) is 96.4 cm³/mol. The van der Waals surface area contributed by atoms with Crippen LogP contribution in [-0.4, -0.2) is 43.6 Å². The van der Waals surface area contributed by atoms with Crippen molar-refractivity contribution >= 4 is 5.91 Å². The highest BCUT2D eigenvalue weighted by atomic mass is 16.5. The number of carbonyl (C=O) groups is 1. The second kappa shape index (κ2) is 7.56. The highest BCUT2D eigenvalue weighted by Gasteiger charge is 2.38. The fourth-order valence-corrected chi connectivity index (χ4v) is 3.92. The van der Waals surface area contributed by atoms with Crippen LogP contribution in [0.15, 0.2) is 24.3 Å². The molecule has 1 N–H and O–H groups in total. The number of carbonyl (C=O) groups excluding carboxylic acids is 1. The van der Waals surface area contributed by atoms with Crippen molar-refractivity contribution in [3.63, 3.8) is 0 Å². The summed E-state index contributed by atoms with van der Waals surface area (Å²) in [4.78, 5) is 14.5. The molecule has 1 amide bonds. The largest absolute Gasteiger partial charge is 0.483 e. The molecule has 2 heterocycles. The Balaban J connectivity index is 1.53. The third-order valence-corrected chi connectivity index (χ3v) is 5.92. The molecular weight excluding hydrogens is 300 g/mol. The Labute approximate surface area is 145 Å². The van der Waals surface area contributed by atoms with Gasteiger partial charge in [-0.25, -0.2) is 0 Å². The zero-order chi connectivity index (χ0) is 17.0. The van der Waals surface area contributed by atoms with Crippen molar-refractivity contribution in [3.8, 4) is 5.75 Å². The molecule has 3 rings (SSSR count). The van der Waals surface area contributed by atoms with E-state index in [1.807, 2.05) is 23.1 Å². The van der Waals surface area contributed by atoms with Gasteiger partial charge in [0.15, 0.2) is 6.61 Å². The van der Waals surface area contributed by atoms with Gasteiger partial charge in [0.1, 0.15) is 5.75 Å². The topological polar surface area (TPSA) is 41.6 Å². The van der Waals surface area contributed by atoms with Crippen molar-refractivity contribution in [1.29, 1.82) is 0 Å². The molecule has 0 saturated carbocycles. The minimum atomic E-state index is 0.120. The van der Waals surface area contributed by atoms with Gasteiger partial charge in [0.05, 0.1) is 0 Å². The smallest absolute Gasteiger partial charge is 0.260 e. The number of nitrogens with one attached hydrogen (secondary N) is 1. The number of benzene rings is 1. The van der Waals surface area contributed by atoms with Crippen LogP contribution in [0.1, 0.15) is 51.0 Å². The Morgan fingerprint density at radius 1 is 1.29 bits per heavy atom. The quantitative estimate of drug-likeness (QED) is 0.901. The number of piperidine rings is 1. The van der Waals surface area contributed by atoms with Crippen LogP contribution in [0.25, 0.3) is 0 Å². The van der Waals surface area contributed by atoms with Crippen LogP contribution in [0.5, 0.6) is 5.75 Å². The number of ether oxygens (including phenoxy) is 1. The third kappa shape index (κ3) is 3.75. The van der Waals surface area contributed by atoms with Crippen molar-refractivity contribution in [2.24, 2.45) is 5.41 Å². The van der Waals surface area contributed by atoms with E-state index < -0.39 is 0 Å². The van der Waals surface area contributed by atoms with E-state index in [1.165, 1.54) is 12.0 Å². The van der Waals surface area contributed by atoms with Crippen LogP contribution in [-0.2, 0) is 4.79 Å². The van der Waals surface area contributed by atoms with Gasteiger partial charge in [-0.1, -0.05) is 32.0 Å². The Kier molecular flexibility index (Phi) is 5.44. The molecule has 24 heavy (non-hydrogen) atoms. The fraction of sp³-hybridized carbons (Fsp3) is 0.650. The van der Waals surface area contributed by atoms with Gasteiger partial charge in [-0.05, 0) is 55.2 Å². The van der Waals surface area contributed by atoms with Crippen LogP contribution >= 0.6 is 0 Å². The predicted octanol–water partition coefficient (Wildman–Crippen LogP) is 3.18. The molecule has 132 valence electrons. The molecule has 0 aromatic heterocycles. The second-order valence-corrected chi connectivity index (χ2v) is 7.44. The van der Waals surface area contributed by atoms with E-state index in [4.69, 9.17) is 4.74 Å². The van der Waals surface area contributed by atoms with Crippen molar-refractivity contribution in [2.75, 3.05) is 32.8 Å². The van der Waals surface area contributed by atoms with E-state index in [0.29, 0.717) is 11.3 Å². The first-order valence-corrected chi connectivity index (χ1v) is 9.34. The summed E-state index contributed by atoms with van der Waals surface area (Å²) in [6.45, 7) is 8.52. The van der Waals surface area contributed by atoms with Crippen LogP contribution in [0.4, 0.5) is 0 Å². The Morgan fingerprint density at radius 3 is 2.71 bits per heavy atom. The molecule has 0 radical (unpaired) electrons. The average molecular weight is 330 g/mol. The molecule has 0 bridgehead atoms. The van der Waals surface area contributed by atoms with Gasteiger partial charge in [0.2, 0.25) is 0 Å². The van der Waals surface area contributed by atoms with Gasteiger partial charge in [-0.3, -0.25) is 4.79 Å². The van der Waals surface area contributed by atoms with Gasteiger partial charge in [0.25, 0.3) is 5.91 Å². The summed E-state index contributed by atoms with van der Waals surface area (Å²) in [5.74, 6) is 1.42. The molecule has 1 spiro atoms. The molecule has 4 nitrogen and oxygen atoms in total. The number of nitrogens with zero attached hydrogens (tertiary/aromatic N) is 1. The van der Waals surface area contributed by atoms with E-state index in [1.54, 1.807) is 0 Å². The maximum absolute atomic E-state index is 12.5. The molecular formula is C20H30N2O2.